The van der Waals surface area contributed by atoms with Gasteiger partial charge in [0.1, 0.15) is 11.9 Å². The third-order valence-corrected chi connectivity index (χ3v) is 2.64. The lowest BCUT2D eigenvalue weighted by Crippen LogP contribution is -2.25. The van der Waals surface area contributed by atoms with Gasteiger partial charge in [-0.2, -0.15) is 5.10 Å². The largest absolute Gasteiger partial charge is 0.382 e. The van der Waals surface area contributed by atoms with E-state index in [4.69, 9.17) is 5.73 Å². The summed E-state index contributed by atoms with van der Waals surface area (Å²) in [5.74, 6) is 0.598. The summed E-state index contributed by atoms with van der Waals surface area (Å²) in [5, 5.41) is 4.12. The molecular weight excluding hydrogens is 180 g/mol. The van der Waals surface area contributed by atoms with Crippen LogP contribution in [0, 0.1) is 6.92 Å². The van der Waals surface area contributed by atoms with E-state index in [0.29, 0.717) is 5.82 Å². The van der Waals surface area contributed by atoms with Crippen LogP contribution in [0.2, 0.25) is 0 Å². The number of rotatable bonds is 1. The van der Waals surface area contributed by atoms with Crippen LogP contribution in [-0.2, 0) is 4.79 Å². The molecule has 14 heavy (non-hydrogen) atoms. The maximum Gasteiger partial charge on any atom is 0.247 e. The summed E-state index contributed by atoms with van der Waals surface area (Å²) in [5.41, 5.74) is 6.51. The van der Waals surface area contributed by atoms with Crippen molar-refractivity contribution in [3.8, 4) is 0 Å². The quantitative estimate of drug-likeness (QED) is 0.693. The van der Waals surface area contributed by atoms with Crippen LogP contribution in [0.25, 0.3) is 0 Å². The molecule has 0 saturated carbocycles. The van der Waals surface area contributed by atoms with Crippen molar-refractivity contribution >= 4 is 11.7 Å². The van der Waals surface area contributed by atoms with E-state index in [1.54, 1.807) is 15.6 Å². The maximum atomic E-state index is 11.7. The van der Waals surface area contributed by atoms with Gasteiger partial charge in [0.2, 0.25) is 5.91 Å². The van der Waals surface area contributed by atoms with Gasteiger partial charge in [0.25, 0.3) is 0 Å². The number of hydrogen-bond acceptors (Lipinski definition) is 3. The molecule has 0 spiro atoms. The van der Waals surface area contributed by atoms with Gasteiger partial charge in [-0.3, -0.25) is 9.48 Å². The number of nitrogens with zero attached hydrogens (tertiary/aromatic N) is 3. The molecule has 5 heteroatoms. The molecule has 1 aromatic heterocycles. The molecule has 2 heterocycles. The molecule has 0 aliphatic carbocycles. The summed E-state index contributed by atoms with van der Waals surface area (Å²) in [6, 6.07) is 1.63. The van der Waals surface area contributed by atoms with Crippen molar-refractivity contribution in [1.82, 2.24) is 14.7 Å². The van der Waals surface area contributed by atoms with E-state index >= 15 is 0 Å². The summed E-state index contributed by atoms with van der Waals surface area (Å²) in [4.78, 5) is 13.4. The van der Waals surface area contributed by atoms with Crippen molar-refractivity contribution in [1.29, 1.82) is 0 Å². The molecule has 1 unspecified atom stereocenters. The second kappa shape index (κ2) is 3.01. The Kier molecular flexibility index (Phi) is 1.94. The summed E-state index contributed by atoms with van der Waals surface area (Å²) in [6.07, 6.45) is 0.817. The number of hydrogen-bond donors (Lipinski definition) is 1. The minimum Gasteiger partial charge on any atom is -0.382 e. The molecule has 0 radical (unpaired) electrons. The molecule has 1 fully saturated rings. The van der Waals surface area contributed by atoms with Gasteiger partial charge in [0.05, 0.1) is 0 Å². The van der Waals surface area contributed by atoms with Crippen LogP contribution in [0.4, 0.5) is 5.82 Å². The van der Waals surface area contributed by atoms with Crippen LogP contribution in [-0.4, -0.2) is 34.2 Å². The van der Waals surface area contributed by atoms with Crippen molar-refractivity contribution in [2.45, 2.75) is 19.4 Å². The third-order valence-electron chi connectivity index (χ3n) is 2.64. The lowest BCUT2D eigenvalue weighted by atomic mass is 10.2. The fourth-order valence-electron chi connectivity index (χ4n) is 1.86. The SMILES string of the molecule is Cc1cc(N)nn1C1CCN(C)C1=O. The monoisotopic (exact) mass is 194 g/mol. The highest BCUT2D eigenvalue weighted by molar-refractivity contribution is 5.82. The molecule has 1 aliphatic heterocycles. The fraction of sp³-hybridized carbons (Fsp3) is 0.556. The Hall–Kier alpha value is -1.52. The molecule has 0 aromatic carbocycles. The first kappa shape index (κ1) is 9.05. The van der Waals surface area contributed by atoms with E-state index in [-0.39, 0.29) is 11.9 Å². The average molecular weight is 194 g/mol. The number of carbonyl (C=O) groups excluding carboxylic acids is 1. The number of nitrogen functional groups attached to an aromatic ring is 1. The van der Waals surface area contributed by atoms with Gasteiger partial charge < -0.3 is 10.6 Å². The predicted molar refractivity (Wildman–Crippen MR) is 52.7 cm³/mol. The number of carbonyl (C=O) groups is 1. The topological polar surface area (TPSA) is 64.2 Å². The Morgan fingerprint density at radius 1 is 1.64 bits per heavy atom. The van der Waals surface area contributed by atoms with Gasteiger partial charge in [0.15, 0.2) is 0 Å². The molecule has 1 aromatic rings. The van der Waals surface area contributed by atoms with Crippen LogP contribution in [0.15, 0.2) is 6.07 Å². The van der Waals surface area contributed by atoms with Crippen LogP contribution in [0.5, 0.6) is 0 Å². The molecule has 2 rings (SSSR count). The second-order valence-electron chi connectivity index (χ2n) is 3.72. The third kappa shape index (κ3) is 1.25. The van der Waals surface area contributed by atoms with Crippen molar-refractivity contribution < 1.29 is 4.79 Å². The molecule has 0 bridgehead atoms. The predicted octanol–water partition coefficient (Wildman–Crippen LogP) is 0.177. The molecule has 2 N–H and O–H groups in total. The standard InChI is InChI=1S/C9H14N4O/c1-6-5-8(10)11-13(6)7-3-4-12(2)9(7)14/h5,7H,3-4H2,1-2H3,(H2,10,11). The van der Waals surface area contributed by atoms with Crippen LogP contribution < -0.4 is 5.73 Å². The zero-order valence-electron chi connectivity index (χ0n) is 8.40. The van der Waals surface area contributed by atoms with Gasteiger partial charge in [-0.15, -0.1) is 0 Å². The summed E-state index contributed by atoms with van der Waals surface area (Å²) in [7, 11) is 1.81. The number of aromatic nitrogens is 2. The van der Waals surface area contributed by atoms with Crippen LogP contribution in [0.3, 0.4) is 0 Å². The van der Waals surface area contributed by atoms with Gasteiger partial charge in [-0.25, -0.2) is 0 Å². The van der Waals surface area contributed by atoms with E-state index < -0.39 is 0 Å². The zero-order chi connectivity index (χ0) is 10.3. The van der Waals surface area contributed by atoms with Crippen molar-refractivity contribution in [3.05, 3.63) is 11.8 Å². The minimum absolute atomic E-state index is 0.121. The fourth-order valence-corrected chi connectivity index (χ4v) is 1.86. The molecule has 1 amide bonds. The number of amides is 1. The maximum absolute atomic E-state index is 11.7. The second-order valence-corrected chi connectivity index (χ2v) is 3.72. The first-order chi connectivity index (χ1) is 6.59. The number of likely N-dealkylation sites (N-methyl/N-ethyl adjacent to an activating group) is 1. The molecule has 1 atom stereocenters. The first-order valence-corrected chi connectivity index (χ1v) is 4.66. The normalized spacial score (nSPS) is 22.0. The lowest BCUT2D eigenvalue weighted by Gasteiger charge is -2.11. The van der Waals surface area contributed by atoms with Gasteiger partial charge in [-0.05, 0) is 13.3 Å². The number of anilines is 1. The Labute approximate surface area is 82.5 Å². The molecule has 76 valence electrons. The van der Waals surface area contributed by atoms with E-state index in [1.807, 2.05) is 14.0 Å². The number of nitrogens with two attached hydrogens (primary N) is 1. The Morgan fingerprint density at radius 2 is 2.36 bits per heavy atom. The van der Waals surface area contributed by atoms with Crippen LogP contribution in [0.1, 0.15) is 18.2 Å². The smallest absolute Gasteiger partial charge is 0.247 e. The Balaban J connectivity index is 2.32. The molecule has 1 saturated heterocycles. The lowest BCUT2D eigenvalue weighted by molar-refractivity contribution is -0.129. The number of aryl methyl sites for hydroxylation is 1. The molecular formula is C9H14N4O. The minimum atomic E-state index is -0.155. The van der Waals surface area contributed by atoms with E-state index in [9.17, 15) is 4.79 Å². The van der Waals surface area contributed by atoms with Crippen molar-refractivity contribution in [2.75, 3.05) is 19.3 Å². The summed E-state index contributed by atoms with van der Waals surface area (Å²) < 4.78 is 1.72. The highest BCUT2D eigenvalue weighted by atomic mass is 16.2. The van der Waals surface area contributed by atoms with Gasteiger partial charge >= 0.3 is 0 Å². The van der Waals surface area contributed by atoms with Crippen LogP contribution >= 0.6 is 0 Å². The molecule has 5 nitrogen and oxygen atoms in total. The van der Waals surface area contributed by atoms with Gasteiger partial charge in [-0.1, -0.05) is 0 Å². The highest BCUT2D eigenvalue weighted by Crippen LogP contribution is 2.23. The highest BCUT2D eigenvalue weighted by Gasteiger charge is 2.31. The van der Waals surface area contributed by atoms with Gasteiger partial charge in [0, 0.05) is 25.4 Å². The molecule has 1 aliphatic rings. The Morgan fingerprint density at radius 3 is 2.79 bits per heavy atom. The summed E-state index contributed by atoms with van der Waals surface area (Å²) in [6.45, 7) is 2.71. The average Bonchev–Trinajstić information content (AvgIpc) is 2.59. The van der Waals surface area contributed by atoms with Crippen molar-refractivity contribution in [3.63, 3.8) is 0 Å². The first-order valence-electron chi connectivity index (χ1n) is 4.66. The zero-order valence-corrected chi connectivity index (χ0v) is 8.40. The van der Waals surface area contributed by atoms with E-state index in [2.05, 4.69) is 5.10 Å². The van der Waals surface area contributed by atoms with E-state index in [1.165, 1.54) is 0 Å². The van der Waals surface area contributed by atoms with E-state index in [0.717, 1.165) is 18.7 Å². The Bertz CT molecular complexity index is 371. The van der Waals surface area contributed by atoms with Crippen molar-refractivity contribution in [2.24, 2.45) is 0 Å². The summed E-state index contributed by atoms with van der Waals surface area (Å²) >= 11 is 0. The number of likely N-dealkylation sites (tertiary alicyclic amines) is 1.